The van der Waals surface area contributed by atoms with Crippen molar-refractivity contribution in [2.45, 2.75) is 26.2 Å². The van der Waals surface area contributed by atoms with E-state index in [1.807, 2.05) is 4.90 Å². The summed E-state index contributed by atoms with van der Waals surface area (Å²) in [6.07, 6.45) is 7.43. The fraction of sp³-hybridized carbons (Fsp3) is 0.545. The van der Waals surface area contributed by atoms with E-state index in [9.17, 15) is 9.36 Å². The molecular weight excluding hydrogens is 241 g/mol. The SMILES string of the molecule is C/C(=C/C=C/O[P+](=O)O)C(=O)N1CCCCC1. The quantitative estimate of drug-likeness (QED) is 0.363. The van der Waals surface area contributed by atoms with Gasteiger partial charge in [0.1, 0.15) is 0 Å². The van der Waals surface area contributed by atoms with Crippen LogP contribution in [0, 0.1) is 0 Å². The summed E-state index contributed by atoms with van der Waals surface area (Å²) >= 11 is 0. The van der Waals surface area contributed by atoms with Crippen LogP contribution in [-0.4, -0.2) is 28.8 Å². The van der Waals surface area contributed by atoms with Crippen molar-refractivity contribution >= 4 is 14.2 Å². The standard InChI is InChI=1S/C11H16NO4P/c1-10(6-5-9-16-17(14)15)11(13)12-7-3-2-4-8-12/h5-6,9H,2-4,7-8H2,1H3/p+1/b9-5+,10-6-. The van der Waals surface area contributed by atoms with Gasteiger partial charge in [0.2, 0.25) is 5.91 Å². The van der Waals surface area contributed by atoms with Crippen LogP contribution >= 0.6 is 8.25 Å². The Morgan fingerprint density at radius 3 is 2.59 bits per heavy atom. The van der Waals surface area contributed by atoms with Crippen LogP contribution < -0.4 is 0 Å². The molecule has 1 heterocycles. The van der Waals surface area contributed by atoms with Crippen molar-refractivity contribution in [2.24, 2.45) is 0 Å². The molecule has 1 N–H and O–H groups in total. The summed E-state index contributed by atoms with van der Waals surface area (Å²) < 4.78 is 14.5. The third-order valence-electron chi connectivity index (χ3n) is 2.56. The van der Waals surface area contributed by atoms with Crippen molar-refractivity contribution in [3.05, 3.63) is 24.0 Å². The third-order valence-corrected chi connectivity index (χ3v) is 2.86. The molecule has 5 nitrogen and oxygen atoms in total. The molecule has 0 aromatic rings. The van der Waals surface area contributed by atoms with Crippen LogP contribution in [0.4, 0.5) is 0 Å². The highest BCUT2D eigenvalue weighted by Gasteiger charge is 2.17. The summed E-state index contributed by atoms with van der Waals surface area (Å²) in [6.45, 7) is 3.35. The largest absolute Gasteiger partial charge is 0.746 e. The smallest absolute Gasteiger partial charge is 0.339 e. The van der Waals surface area contributed by atoms with Gasteiger partial charge in [-0.3, -0.25) is 4.79 Å². The van der Waals surface area contributed by atoms with Gasteiger partial charge in [-0.05, 0) is 32.3 Å². The fourth-order valence-electron chi connectivity index (χ4n) is 1.69. The maximum absolute atomic E-state index is 11.9. The van der Waals surface area contributed by atoms with E-state index >= 15 is 0 Å². The highest BCUT2D eigenvalue weighted by Crippen LogP contribution is 2.15. The van der Waals surface area contributed by atoms with Gasteiger partial charge in [0.25, 0.3) is 0 Å². The van der Waals surface area contributed by atoms with Crippen LogP contribution in [-0.2, 0) is 13.9 Å². The number of hydrogen-bond donors (Lipinski definition) is 1. The minimum Gasteiger partial charge on any atom is -0.339 e. The van der Waals surface area contributed by atoms with Crippen molar-refractivity contribution < 1.29 is 18.8 Å². The predicted molar refractivity (Wildman–Crippen MR) is 64.2 cm³/mol. The molecule has 0 spiro atoms. The number of allylic oxidation sites excluding steroid dienone is 2. The Morgan fingerprint density at radius 1 is 1.35 bits per heavy atom. The molecule has 6 heteroatoms. The summed E-state index contributed by atoms with van der Waals surface area (Å²) in [5.41, 5.74) is 0.597. The molecular formula is C11H17NO4P+. The molecule has 1 fully saturated rings. The lowest BCUT2D eigenvalue weighted by Crippen LogP contribution is -2.36. The normalized spacial score (nSPS) is 18.4. The fourth-order valence-corrected chi connectivity index (χ4v) is 1.86. The molecule has 0 saturated carbocycles. The summed E-state index contributed by atoms with van der Waals surface area (Å²) in [6, 6.07) is 0. The van der Waals surface area contributed by atoms with Gasteiger partial charge in [-0.2, -0.15) is 0 Å². The first-order valence-corrected chi connectivity index (χ1v) is 6.70. The van der Waals surface area contributed by atoms with Crippen LogP contribution in [0.1, 0.15) is 26.2 Å². The molecule has 0 bridgehead atoms. The first kappa shape index (κ1) is 13.9. The Morgan fingerprint density at radius 2 is 2.00 bits per heavy atom. The summed E-state index contributed by atoms with van der Waals surface area (Å²) in [7, 11) is -2.62. The van der Waals surface area contributed by atoms with E-state index in [0.29, 0.717) is 5.57 Å². The molecule has 0 aromatic heterocycles. The number of amides is 1. The molecule has 1 saturated heterocycles. The third kappa shape index (κ3) is 5.11. The maximum Gasteiger partial charge on any atom is 0.746 e. The second-order valence-electron chi connectivity index (χ2n) is 3.87. The maximum atomic E-state index is 11.9. The van der Waals surface area contributed by atoms with Gasteiger partial charge in [0, 0.05) is 23.2 Å². The van der Waals surface area contributed by atoms with E-state index in [2.05, 4.69) is 4.52 Å². The van der Waals surface area contributed by atoms with Crippen molar-refractivity contribution in [3.63, 3.8) is 0 Å². The van der Waals surface area contributed by atoms with Crippen LogP contribution in [0.25, 0.3) is 0 Å². The zero-order valence-electron chi connectivity index (χ0n) is 9.83. The first-order chi connectivity index (χ1) is 8.11. The molecule has 1 rings (SSSR count). The summed E-state index contributed by atoms with van der Waals surface area (Å²) in [5, 5.41) is 0. The van der Waals surface area contributed by atoms with Gasteiger partial charge in [-0.1, -0.05) is 6.08 Å². The zero-order chi connectivity index (χ0) is 12.7. The summed E-state index contributed by atoms with van der Waals surface area (Å²) in [5.74, 6) is 0.0164. The van der Waals surface area contributed by atoms with Crippen LogP contribution in [0.3, 0.4) is 0 Å². The Balaban J connectivity index is 2.47. The van der Waals surface area contributed by atoms with Crippen molar-refractivity contribution in [1.82, 2.24) is 4.90 Å². The van der Waals surface area contributed by atoms with Gasteiger partial charge in [0.05, 0.1) is 0 Å². The Kier molecular flexibility index (Phi) is 5.87. The van der Waals surface area contributed by atoms with E-state index in [1.54, 1.807) is 13.0 Å². The lowest BCUT2D eigenvalue weighted by Gasteiger charge is -2.26. The molecule has 94 valence electrons. The molecule has 1 aliphatic heterocycles. The minimum atomic E-state index is -2.62. The average molecular weight is 258 g/mol. The van der Waals surface area contributed by atoms with E-state index in [4.69, 9.17) is 4.89 Å². The first-order valence-electron chi connectivity index (χ1n) is 5.57. The number of rotatable bonds is 4. The highest BCUT2D eigenvalue weighted by atomic mass is 31.1. The molecule has 1 unspecified atom stereocenters. The van der Waals surface area contributed by atoms with Crippen molar-refractivity contribution in [1.29, 1.82) is 0 Å². The number of carbonyl (C=O) groups excluding carboxylic acids is 1. The Bertz CT molecular complexity index is 345. The molecule has 17 heavy (non-hydrogen) atoms. The summed E-state index contributed by atoms with van der Waals surface area (Å²) in [4.78, 5) is 22.1. The van der Waals surface area contributed by atoms with E-state index in [0.717, 1.165) is 32.2 Å². The van der Waals surface area contributed by atoms with Gasteiger partial charge in [-0.25, -0.2) is 4.52 Å². The Labute approximate surface area is 102 Å². The predicted octanol–water partition coefficient (Wildman–Crippen LogP) is 2.13. The number of carbonyl (C=O) groups is 1. The topological polar surface area (TPSA) is 66.8 Å². The average Bonchev–Trinajstić information content (AvgIpc) is 2.34. The van der Waals surface area contributed by atoms with Crippen LogP contribution in [0.5, 0.6) is 0 Å². The zero-order valence-corrected chi connectivity index (χ0v) is 10.7. The molecule has 0 aliphatic carbocycles. The van der Waals surface area contributed by atoms with Gasteiger partial charge in [0.15, 0.2) is 6.26 Å². The van der Waals surface area contributed by atoms with Gasteiger partial charge in [-0.15, -0.1) is 4.89 Å². The number of likely N-dealkylation sites (tertiary alicyclic amines) is 1. The minimum absolute atomic E-state index is 0.0164. The van der Waals surface area contributed by atoms with Crippen LogP contribution in [0.2, 0.25) is 0 Å². The lowest BCUT2D eigenvalue weighted by atomic mass is 10.1. The number of hydrogen-bond acceptors (Lipinski definition) is 3. The van der Waals surface area contributed by atoms with Crippen molar-refractivity contribution in [3.8, 4) is 0 Å². The van der Waals surface area contributed by atoms with Crippen LogP contribution in [0.15, 0.2) is 24.0 Å². The second-order valence-corrected chi connectivity index (χ2v) is 4.56. The molecule has 0 aromatic carbocycles. The van der Waals surface area contributed by atoms with Crippen molar-refractivity contribution in [2.75, 3.05) is 13.1 Å². The van der Waals surface area contributed by atoms with Gasteiger partial charge >= 0.3 is 8.25 Å². The molecule has 1 amide bonds. The lowest BCUT2D eigenvalue weighted by molar-refractivity contribution is -0.127. The highest BCUT2D eigenvalue weighted by molar-refractivity contribution is 7.32. The van der Waals surface area contributed by atoms with E-state index < -0.39 is 8.25 Å². The van der Waals surface area contributed by atoms with E-state index in [-0.39, 0.29) is 5.91 Å². The molecule has 1 atom stereocenters. The second kappa shape index (κ2) is 7.20. The van der Waals surface area contributed by atoms with Gasteiger partial charge < -0.3 is 4.90 Å². The number of nitrogens with zero attached hydrogens (tertiary/aromatic N) is 1. The Hall–Kier alpha value is -1.19. The number of piperidine rings is 1. The molecule has 0 radical (unpaired) electrons. The van der Waals surface area contributed by atoms with E-state index in [1.165, 1.54) is 12.5 Å². The monoisotopic (exact) mass is 258 g/mol. The molecule has 1 aliphatic rings.